The van der Waals surface area contributed by atoms with E-state index in [-0.39, 0.29) is 24.4 Å². The molecule has 0 unspecified atom stereocenters. The number of hydrogen-bond donors (Lipinski definition) is 2. The van der Waals surface area contributed by atoms with Crippen molar-refractivity contribution in [2.75, 3.05) is 11.5 Å². The molecule has 4 atom stereocenters. The quantitative estimate of drug-likeness (QED) is 0.197. The number of ketones is 1. The Morgan fingerprint density at radius 2 is 2.03 bits per heavy atom. The number of ether oxygens (including phenoxy) is 2. The highest BCUT2D eigenvalue weighted by atomic mass is 32.2. The first-order valence-corrected chi connectivity index (χ1v) is 13.2. The molecule has 1 fully saturated rings. The maximum atomic E-state index is 12.4. The summed E-state index contributed by atoms with van der Waals surface area (Å²) >= 11 is 1.81. The first-order valence-electron chi connectivity index (χ1n) is 12.0. The fourth-order valence-corrected chi connectivity index (χ4v) is 4.86. The van der Waals surface area contributed by atoms with Crippen molar-refractivity contribution >= 4 is 29.4 Å². The molecule has 1 saturated heterocycles. The van der Waals surface area contributed by atoms with Crippen LogP contribution in [0.3, 0.4) is 0 Å². The minimum Gasteiger partial charge on any atom is -0.454 e. The van der Waals surface area contributed by atoms with Crippen molar-refractivity contribution in [3.05, 3.63) is 59.8 Å². The Bertz CT molecular complexity index is 888. The normalized spacial score (nSPS) is 30.3. The molecule has 2 aliphatic heterocycles. The smallest absolute Gasteiger partial charge is 0.331 e. The Morgan fingerprint density at radius 1 is 1.23 bits per heavy atom. The van der Waals surface area contributed by atoms with Gasteiger partial charge in [-0.2, -0.15) is 11.8 Å². The van der Waals surface area contributed by atoms with Gasteiger partial charge in [0.15, 0.2) is 12.3 Å². The van der Waals surface area contributed by atoms with Crippen molar-refractivity contribution in [3.63, 3.8) is 0 Å². The molecule has 0 aliphatic carbocycles. The van der Waals surface area contributed by atoms with Gasteiger partial charge >= 0.3 is 5.97 Å². The predicted molar refractivity (Wildman–Crippen MR) is 139 cm³/mol. The van der Waals surface area contributed by atoms with E-state index >= 15 is 0 Å². The van der Waals surface area contributed by atoms with Gasteiger partial charge in [-0.05, 0) is 33.6 Å². The van der Waals surface area contributed by atoms with E-state index in [0.29, 0.717) is 12.8 Å². The average molecular weight is 504 g/mol. The minimum absolute atomic E-state index is 0.0801. The molecule has 7 nitrogen and oxygen atoms in total. The summed E-state index contributed by atoms with van der Waals surface area (Å²) in [5.41, 5.74) is 1.73. The third kappa shape index (κ3) is 11.7. The molecular formula is C27H37NO6S. The van der Waals surface area contributed by atoms with Crippen molar-refractivity contribution in [3.8, 4) is 0 Å². The van der Waals surface area contributed by atoms with Crippen LogP contribution in [-0.2, 0) is 23.9 Å². The largest absolute Gasteiger partial charge is 0.454 e. The molecule has 0 aromatic rings. The predicted octanol–water partition coefficient (Wildman–Crippen LogP) is 3.95. The van der Waals surface area contributed by atoms with E-state index in [2.05, 4.69) is 5.32 Å². The molecule has 0 aromatic carbocycles. The molecule has 192 valence electrons. The van der Waals surface area contributed by atoms with Gasteiger partial charge in [0.1, 0.15) is 5.78 Å². The van der Waals surface area contributed by atoms with Crippen LogP contribution in [0.4, 0.5) is 0 Å². The highest BCUT2D eigenvalue weighted by molar-refractivity contribution is 7.99. The number of nitrogens with one attached hydrogen (secondary N) is 1. The van der Waals surface area contributed by atoms with E-state index in [1.54, 1.807) is 24.3 Å². The Morgan fingerprint density at radius 3 is 2.80 bits per heavy atom. The molecule has 0 aromatic heterocycles. The number of rotatable bonds is 4. The average Bonchev–Trinajstić information content (AvgIpc) is 2.78. The number of carbonyl (C=O) groups is 3. The van der Waals surface area contributed by atoms with Gasteiger partial charge < -0.3 is 19.9 Å². The third-order valence-electron chi connectivity index (χ3n) is 5.48. The second-order valence-electron chi connectivity index (χ2n) is 8.84. The summed E-state index contributed by atoms with van der Waals surface area (Å²) in [6, 6.07) is 0. The second kappa shape index (κ2) is 15.5. The van der Waals surface area contributed by atoms with E-state index < -0.39 is 24.2 Å². The highest BCUT2D eigenvalue weighted by Gasteiger charge is 2.26. The molecular weight excluding hydrogens is 466 g/mol. The third-order valence-corrected chi connectivity index (χ3v) is 6.65. The lowest BCUT2D eigenvalue weighted by atomic mass is 10.0. The standard InChI is InChI=1S/C27H37NO6S/c1-4-5-6-12-25(30)28-27(32)24-16-20(3)15-23-18-35-17-22(33-23)11-8-10-21(29)14-19(2)9-7-13-26(31)34-24/h4-7,9,12-13,15,22-24,27,32H,8,10-11,14,16-18H2,1-3H3,(H,28,30)/b5-4+,12-6-,13-7+,19-9-,20-15+/t22-,23+,24-,27-/m0/s1. The summed E-state index contributed by atoms with van der Waals surface area (Å²) in [6.07, 6.45) is 13.1. The number of aliphatic hydroxyl groups excluding tert-OH is 1. The zero-order valence-electron chi connectivity index (χ0n) is 20.8. The number of allylic oxidation sites excluding steroid dienone is 6. The molecule has 8 heteroatoms. The molecule has 2 heterocycles. The maximum Gasteiger partial charge on any atom is 0.331 e. The first kappa shape index (κ1) is 28.8. The Labute approximate surface area is 212 Å². The lowest BCUT2D eigenvalue weighted by molar-refractivity contribution is -0.151. The zero-order valence-corrected chi connectivity index (χ0v) is 21.6. The molecule has 0 spiro atoms. The van der Waals surface area contributed by atoms with Crippen molar-refractivity contribution < 1.29 is 29.0 Å². The summed E-state index contributed by atoms with van der Waals surface area (Å²) in [6.45, 7) is 5.55. The fraction of sp³-hybridized carbons (Fsp3) is 0.519. The van der Waals surface area contributed by atoms with Crippen molar-refractivity contribution in [1.82, 2.24) is 5.32 Å². The van der Waals surface area contributed by atoms with Gasteiger partial charge in [-0.3, -0.25) is 9.59 Å². The van der Waals surface area contributed by atoms with Crippen molar-refractivity contribution in [2.45, 2.75) is 77.4 Å². The lowest BCUT2D eigenvalue weighted by Crippen LogP contribution is -2.44. The Kier molecular flexibility index (Phi) is 12.8. The van der Waals surface area contributed by atoms with Gasteiger partial charge in [0.2, 0.25) is 5.91 Å². The van der Waals surface area contributed by atoms with Gasteiger partial charge in [0.25, 0.3) is 0 Å². The van der Waals surface area contributed by atoms with Gasteiger partial charge in [0, 0.05) is 42.9 Å². The van der Waals surface area contributed by atoms with Crippen LogP contribution in [-0.4, -0.2) is 58.8 Å². The van der Waals surface area contributed by atoms with Crippen LogP contribution < -0.4 is 5.32 Å². The van der Waals surface area contributed by atoms with Gasteiger partial charge in [-0.25, -0.2) is 4.79 Å². The molecule has 2 rings (SSSR count). The van der Waals surface area contributed by atoms with Crippen LogP contribution in [0.15, 0.2) is 59.8 Å². The molecule has 2 N–H and O–H groups in total. The number of thioether (sulfide) groups is 1. The topological polar surface area (TPSA) is 102 Å². The van der Waals surface area contributed by atoms with E-state index in [1.807, 2.05) is 38.6 Å². The van der Waals surface area contributed by atoms with Crippen LogP contribution in [0.2, 0.25) is 0 Å². The van der Waals surface area contributed by atoms with Crippen LogP contribution >= 0.6 is 11.8 Å². The molecule has 1 amide bonds. The number of esters is 1. The number of fused-ring (bicyclic) bond motifs is 2. The number of Topliss-reactive ketones (excluding diaryl/α,β-unsaturated/α-hetero) is 1. The van der Waals surface area contributed by atoms with Crippen molar-refractivity contribution in [1.29, 1.82) is 0 Å². The minimum atomic E-state index is -1.40. The lowest BCUT2D eigenvalue weighted by Gasteiger charge is -2.29. The summed E-state index contributed by atoms with van der Waals surface area (Å²) in [4.78, 5) is 36.8. The van der Waals surface area contributed by atoms with Gasteiger partial charge in [0.05, 0.1) is 12.2 Å². The Hall–Kier alpha value is -2.42. The van der Waals surface area contributed by atoms with E-state index in [9.17, 15) is 19.5 Å². The summed E-state index contributed by atoms with van der Waals surface area (Å²) in [7, 11) is 0. The first-order chi connectivity index (χ1) is 16.8. The molecule has 35 heavy (non-hydrogen) atoms. The van der Waals surface area contributed by atoms with E-state index in [0.717, 1.165) is 35.5 Å². The summed E-state index contributed by atoms with van der Waals surface area (Å²) in [5, 5.41) is 13.1. The maximum absolute atomic E-state index is 12.4. The van der Waals surface area contributed by atoms with Gasteiger partial charge in [-0.15, -0.1) is 0 Å². The van der Waals surface area contributed by atoms with Gasteiger partial charge in [-0.1, -0.05) is 47.6 Å². The molecule has 0 saturated carbocycles. The van der Waals surface area contributed by atoms with E-state index in [1.165, 1.54) is 18.2 Å². The van der Waals surface area contributed by atoms with Crippen LogP contribution in [0.25, 0.3) is 0 Å². The highest BCUT2D eigenvalue weighted by Crippen LogP contribution is 2.25. The summed E-state index contributed by atoms with van der Waals surface area (Å²) in [5.74, 6) is 0.711. The molecule has 2 bridgehead atoms. The number of aliphatic hydroxyl groups is 1. The number of carbonyl (C=O) groups excluding carboxylic acids is 3. The van der Waals surface area contributed by atoms with Crippen molar-refractivity contribution in [2.24, 2.45) is 0 Å². The summed E-state index contributed by atoms with van der Waals surface area (Å²) < 4.78 is 11.7. The van der Waals surface area contributed by atoms with E-state index in [4.69, 9.17) is 9.47 Å². The second-order valence-corrected chi connectivity index (χ2v) is 9.92. The SMILES string of the molecule is C/C=C/C=C\C(=O)N[C@@H](O)[C@@H]1C/C(C)=C/[C@@H]2CSC[C@H](CCCC(=O)C/C(C)=C\C=C\C(=O)O1)O2. The monoisotopic (exact) mass is 503 g/mol. The molecule has 2 aliphatic rings. The number of hydrogen-bond acceptors (Lipinski definition) is 7. The number of cyclic esters (lactones) is 1. The fourth-order valence-electron chi connectivity index (χ4n) is 3.81. The number of amides is 1. The van der Waals surface area contributed by atoms with Crippen LogP contribution in [0.1, 0.15) is 52.9 Å². The molecule has 0 radical (unpaired) electrons. The zero-order chi connectivity index (χ0) is 25.6. The van der Waals surface area contributed by atoms with Crippen LogP contribution in [0, 0.1) is 0 Å². The van der Waals surface area contributed by atoms with Crippen LogP contribution in [0.5, 0.6) is 0 Å². The Balaban J connectivity index is 2.21.